The molecule has 0 aromatic rings. The number of nitrogens with one attached hydrogen (secondary N) is 1. The van der Waals surface area contributed by atoms with Crippen molar-refractivity contribution >= 4 is 5.91 Å². The van der Waals surface area contributed by atoms with E-state index in [1.807, 2.05) is 0 Å². The molecule has 0 saturated carbocycles. The quantitative estimate of drug-likeness (QED) is 0.0260. The molecule has 410 valence electrons. The van der Waals surface area contributed by atoms with Crippen LogP contribution in [0.5, 0.6) is 0 Å². The van der Waals surface area contributed by atoms with Crippen LogP contribution in [-0.4, -0.2) is 140 Å². The topological polar surface area (TPSA) is 228 Å². The number of amides is 1. The third-order valence-corrected chi connectivity index (χ3v) is 14.6. The number of hydrogen-bond donors (Lipinski definition) is 9. The molecule has 2 fully saturated rings. The summed E-state index contributed by atoms with van der Waals surface area (Å²) in [6.07, 6.45) is 28.1. The molecule has 2 aliphatic heterocycles. The molecule has 2 heterocycles. The maximum absolute atomic E-state index is 13.2. The summed E-state index contributed by atoms with van der Waals surface area (Å²) in [6, 6.07) is -0.822. The maximum atomic E-state index is 13.2. The largest absolute Gasteiger partial charge is 0.394 e. The van der Waals surface area contributed by atoms with Crippen molar-refractivity contribution in [3.8, 4) is 0 Å². The average Bonchev–Trinajstić information content (AvgIpc) is 3.35. The van der Waals surface area contributed by atoms with E-state index in [4.69, 9.17) is 18.9 Å². The lowest BCUT2D eigenvalue weighted by atomic mass is 9.97. The van der Waals surface area contributed by atoms with Crippen molar-refractivity contribution in [3.63, 3.8) is 0 Å². The fraction of sp³-hybridized carbons (Fsp3) is 0.982. The Balaban J connectivity index is 1.77. The molecule has 2 rings (SSSR count). The van der Waals surface area contributed by atoms with Crippen molar-refractivity contribution in [2.24, 2.45) is 0 Å². The molecule has 1 amide bonds. The van der Waals surface area contributed by atoms with Crippen molar-refractivity contribution in [2.45, 2.75) is 325 Å². The number of carbonyl (C=O) groups excluding carboxylic acids is 1. The predicted molar refractivity (Wildman–Crippen MR) is 272 cm³/mol. The first-order valence-corrected chi connectivity index (χ1v) is 28.8. The number of aliphatic hydroxyl groups is 8. The number of aliphatic hydroxyl groups excluding tert-OH is 8. The van der Waals surface area contributed by atoms with Crippen LogP contribution in [-0.2, 0) is 23.7 Å². The Morgan fingerprint density at radius 3 is 1.23 bits per heavy atom. The van der Waals surface area contributed by atoms with Crippen molar-refractivity contribution in [2.75, 3.05) is 19.8 Å². The van der Waals surface area contributed by atoms with Gasteiger partial charge in [0, 0.05) is 6.42 Å². The molecule has 0 bridgehead atoms. The summed E-state index contributed by atoms with van der Waals surface area (Å²) in [5.41, 5.74) is 0. The second-order valence-corrected chi connectivity index (χ2v) is 20.8. The zero-order chi connectivity index (χ0) is 50.3. The van der Waals surface area contributed by atoms with Crippen molar-refractivity contribution in [1.29, 1.82) is 0 Å². The van der Waals surface area contributed by atoms with E-state index in [1.54, 1.807) is 0 Å². The van der Waals surface area contributed by atoms with E-state index in [0.29, 0.717) is 12.8 Å². The SMILES string of the molecule is CCCCCCCCCCCCCCCCCCCCCC(=O)N[C@@H](CO[C@@H]1O[C@H](CO)[C@@H](O[C@@H]2O[C@H](CO)[C@H](O)C(O)C2O)C(O)C1O)[C@H](O)CCCCCCCCCCCCCCCCCC. The summed E-state index contributed by atoms with van der Waals surface area (Å²) in [7, 11) is 0. The lowest BCUT2D eigenvalue weighted by Crippen LogP contribution is -2.65. The van der Waals surface area contributed by atoms with Gasteiger partial charge in [-0.1, -0.05) is 232 Å². The summed E-state index contributed by atoms with van der Waals surface area (Å²) in [5.74, 6) is -0.201. The van der Waals surface area contributed by atoms with Gasteiger partial charge in [-0.05, 0) is 12.8 Å². The van der Waals surface area contributed by atoms with Crippen LogP contribution in [0.4, 0.5) is 0 Å². The second kappa shape index (κ2) is 42.4. The Hall–Kier alpha value is -1.01. The van der Waals surface area contributed by atoms with Crippen LogP contribution >= 0.6 is 0 Å². The molecule has 0 spiro atoms. The first-order chi connectivity index (χ1) is 33.6. The fourth-order valence-electron chi connectivity index (χ4n) is 9.89. The van der Waals surface area contributed by atoms with E-state index in [1.165, 1.54) is 173 Å². The molecular formula is C55H107NO13. The van der Waals surface area contributed by atoms with E-state index in [2.05, 4.69) is 19.2 Å². The number of hydrogen-bond acceptors (Lipinski definition) is 13. The molecule has 14 heteroatoms. The van der Waals surface area contributed by atoms with Gasteiger partial charge in [-0.15, -0.1) is 0 Å². The summed E-state index contributed by atoms with van der Waals surface area (Å²) in [6.45, 7) is 2.89. The third-order valence-electron chi connectivity index (χ3n) is 14.6. The number of carbonyl (C=O) groups is 1. The Morgan fingerprint density at radius 1 is 0.464 bits per heavy atom. The first-order valence-electron chi connectivity index (χ1n) is 28.8. The van der Waals surface area contributed by atoms with Gasteiger partial charge in [-0.2, -0.15) is 0 Å². The zero-order valence-corrected chi connectivity index (χ0v) is 43.8. The average molecular weight is 990 g/mol. The Bertz CT molecular complexity index is 1170. The van der Waals surface area contributed by atoms with Gasteiger partial charge in [0.2, 0.25) is 5.91 Å². The summed E-state index contributed by atoms with van der Waals surface area (Å²) in [4.78, 5) is 13.2. The van der Waals surface area contributed by atoms with E-state index in [9.17, 15) is 45.6 Å². The summed E-state index contributed by atoms with van der Waals surface area (Å²) < 4.78 is 22.8. The smallest absolute Gasteiger partial charge is 0.220 e. The van der Waals surface area contributed by atoms with Crippen LogP contribution in [0.15, 0.2) is 0 Å². The van der Waals surface area contributed by atoms with Crippen LogP contribution in [0.25, 0.3) is 0 Å². The van der Waals surface area contributed by atoms with Gasteiger partial charge in [0.15, 0.2) is 12.6 Å². The molecule has 0 aromatic carbocycles. The minimum Gasteiger partial charge on any atom is -0.394 e. The van der Waals surface area contributed by atoms with Gasteiger partial charge in [-0.25, -0.2) is 0 Å². The highest BCUT2D eigenvalue weighted by Gasteiger charge is 2.51. The van der Waals surface area contributed by atoms with Gasteiger partial charge in [0.1, 0.15) is 48.8 Å². The van der Waals surface area contributed by atoms with Gasteiger partial charge >= 0.3 is 0 Å². The predicted octanol–water partition coefficient (Wildman–Crippen LogP) is 8.95. The van der Waals surface area contributed by atoms with Gasteiger partial charge < -0.3 is 65.1 Å². The van der Waals surface area contributed by atoms with E-state index >= 15 is 0 Å². The molecule has 12 atom stereocenters. The van der Waals surface area contributed by atoms with Crippen LogP contribution in [0.2, 0.25) is 0 Å². The fourth-order valence-corrected chi connectivity index (χ4v) is 9.89. The minimum absolute atomic E-state index is 0.201. The van der Waals surface area contributed by atoms with Crippen molar-refractivity contribution in [3.05, 3.63) is 0 Å². The van der Waals surface area contributed by atoms with E-state index in [0.717, 1.165) is 51.4 Å². The number of rotatable bonds is 46. The van der Waals surface area contributed by atoms with Crippen LogP contribution in [0, 0.1) is 0 Å². The Labute approximate surface area is 419 Å². The first kappa shape index (κ1) is 64.1. The van der Waals surface area contributed by atoms with Gasteiger partial charge in [0.25, 0.3) is 0 Å². The molecule has 0 aromatic heterocycles. The van der Waals surface area contributed by atoms with E-state index < -0.39 is 86.8 Å². The lowest BCUT2D eigenvalue weighted by molar-refractivity contribution is -0.359. The van der Waals surface area contributed by atoms with Gasteiger partial charge in [0.05, 0.1) is 32.0 Å². The molecule has 14 nitrogen and oxygen atoms in total. The second-order valence-electron chi connectivity index (χ2n) is 20.8. The molecule has 0 aliphatic carbocycles. The van der Waals surface area contributed by atoms with E-state index in [-0.39, 0.29) is 12.5 Å². The summed E-state index contributed by atoms with van der Waals surface area (Å²) >= 11 is 0. The third kappa shape index (κ3) is 28.9. The maximum Gasteiger partial charge on any atom is 0.220 e. The highest BCUT2D eigenvalue weighted by molar-refractivity contribution is 5.76. The molecule has 4 unspecified atom stereocenters. The molecule has 2 saturated heterocycles. The van der Waals surface area contributed by atoms with Crippen LogP contribution in [0.1, 0.15) is 251 Å². The highest BCUT2D eigenvalue weighted by atomic mass is 16.7. The molecule has 0 radical (unpaired) electrons. The standard InChI is InChI=1S/C55H107NO13/c1-3-5-7-9-11-13-15-17-19-21-22-23-25-27-29-31-33-35-37-39-47(60)56-43(44(59)38-36-34-32-30-28-26-24-20-18-16-14-12-10-8-6-4-2)42-66-54-52(65)50(63)53(46(41-58)68-54)69-55-51(64)49(62)48(61)45(40-57)67-55/h43-46,48-55,57-59,61-65H,3-42H2,1-2H3,(H,56,60)/t43-,44+,45+,46+,48-,49?,50?,51?,52?,53+,54+,55-/m0/s1. The highest BCUT2D eigenvalue weighted by Crippen LogP contribution is 2.30. The lowest BCUT2D eigenvalue weighted by Gasteiger charge is -2.46. The normalized spacial score (nSPS) is 26.1. The summed E-state index contributed by atoms with van der Waals surface area (Å²) in [5, 5.41) is 87.1. The Morgan fingerprint density at radius 2 is 0.826 bits per heavy atom. The minimum atomic E-state index is -1.78. The van der Waals surface area contributed by atoms with Crippen molar-refractivity contribution < 1.29 is 64.6 Å². The number of unbranched alkanes of at least 4 members (excludes halogenated alkanes) is 33. The molecule has 69 heavy (non-hydrogen) atoms. The van der Waals surface area contributed by atoms with Crippen LogP contribution in [0.3, 0.4) is 0 Å². The van der Waals surface area contributed by atoms with Gasteiger partial charge in [-0.3, -0.25) is 4.79 Å². The van der Waals surface area contributed by atoms with Crippen LogP contribution < -0.4 is 5.32 Å². The molecular weight excluding hydrogens is 883 g/mol. The number of ether oxygens (including phenoxy) is 4. The van der Waals surface area contributed by atoms with Crippen molar-refractivity contribution in [1.82, 2.24) is 5.32 Å². The Kier molecular flexibility index (Phi) is 39.4. The zero-order valence-electron chi connectivity index (χ0n) is 43.8. The molecule has 9 N–H and O–H groups in total. The monoisotopic (exact) mass is 990 g/mol. The molecule has 2 aliphatic rings.